The van der Waals surface area contributed by atoms with Crippen LogP contribution in [0.4, 0.5) is 0 Å². The van der Waals surface area contributed by atoms with Crippen molar-refractivity contribution in [3.8, 4) is 22.0 Å². The number of imidazole rings is 1. The molecule has 4 aromatic heterocycles. The first-order valence-corrected chi connectivity index (χ1v) is 13.9. The summed E-state index contributed by atoms with van der Waals surface area (Å²) >= 11 is 1.51. The molecule has 0 unspecified atom stereocenters. The third-order valence-electron chi connectivity index (χ3n) is 7.15. The molecule has 1 saturated carbocycles. The third-order valence-corrected chi connectivity index (χ3v) is 8.28. The lowest BCUT2D eigenvalue weighted by molar-refractivity contribution is 0.0923. The maximum atomic E-state index is 13.2. The van der Waals surface area contributed by atoms with Crippen LogP contribution in [0, 0.1) is 0 Å². The van der Waals surface area contributed by atoms with Crippen molar-refractivity contribution in [3.05, 3.63) is 89.6 Å². The van der Waals surface area contributed by atoms with E-state index in [2.05, 4.69) is 37.3 Å². The highest BCUT2D eigenvalue weighted by molar-refractivity contribution is 7.17. The molecular weight excluding hydrogens is 508 g/mol. The molecule has 2 N–H and O–H groups in total. The summed E-state index contributed by atoms with van der Waals surface area (Å²) in [4.78, 5) is 41.3. The number of carbonyl (C=O) groups is 2. The van der Waals surface area contributed by atoms with Crippen molar-refractivity contribution < 1.29 is 9.59 Å². The Hall–Kier alpha value is -4.37. The molecule has 4 heterocycles. The Balaban J connectivity index is 1.27. The minimum absolute atomic E-state index is 0.0256. The number of nitrogens with zero attached hydrogens (tertiary/aromatic N) is 4. The summed E-state index contributed by atoms with van der Waals surface area (Å²) in [6, 6.07) is 21.6. The average molecular weight is 537 g/mol. The number of amides is 2. The van der Waals surface area contributed by atoms with Gasteiger partial charge in [-0.05, 0) is 61.6 Å². The van der Waals surface area contributed by atoms with E-state index >= 15 is 0 Å². The summed E-state index contributed by atoms with van der Waals surface area (Å²) in [5.41, 5.74) is 3.68. The molecule has 0 radical (unpaired) electrons. The van der Waals surface area contributed by atoms with Crippen LogP contribution in [0.25, 0.3) is 33.1 Å². The minimum Gasteiger partial charge on any atom is -0.355 e. The van der Waals surface area contributed by atoms with Gasteiger partial charge in [0.15, 0.2) is 11.5 Å². The largest absolute Gasteiger partial charge is 0.355 e. The zero-order valence-electron chi connectivity index (χ0n) is 21.5. The highest BCUT2D eigenvalue weighted by Gasteiger charge is 2.29. The van der Waals surface area contributed by atoms with E-state index in [9.17, 15) is 9.59 Å². The van der Waals surface area contributed by atoms with E-state index in [1.807, 2.05) is 48.5 Å². The number of thiophene rings is 1. The topological polar surface area (TPSA) is 102 Å². The number of pyridine rings is 2. The molecule has 2 amide bonds. The first-order valence-electron chi connectivity index (χ1n) is 13.1. The molecule has 1 aliphatic carbocycles. The number of aromatic nitrogens is 4. The Morgan fingerprint density at radius 1 is 0.974 bits per heavy atom. The van der Waals surface area contributed by atoms with E-state index in [1.54, 1.807) is 25.5 Å². The maximum absolute atomic E-state index is 13.2. The standard InChI is InChI=1S/C30H28N6O2S/c1-31-29(37)20-16-24-27(33-18-20)36(28(35-24)23-12-5-6-15-32-23)22-11-7-10-21(17-22)34-30(38)26-14-13-25(39-26)19-8-3-2-4-9-19/h2-6,8-9,12-16,18,21-22H,7,10-11,17H2,1H3,(H,31,37)(H,34,38)/t21-,22-/m0/s1. The van der Waals surface area contributed by atoms with Gasteiger partial charge in [-0.2, -0.15) is 0 Å². The van der Waals surface area contributed by atoms with Gasteiger partial charge in [-0.3, -0.25) is 14.6 Å². The van der Waals surface area contributed by atoms with E-state index in [-0.39, 0.29) is 23.9 Å². The van der Waals surface area contributed by atoms with Gasteiger partial charge in [-0.25, -0.2) is 9.97 Å². The zero-order valence-corrected chi connectivity index (χ0v) is 22.3. The van der Waals surface area contributed by atoms with Crippen LogP contribution < -0.4 is 10.6 Å². The Morgan fingerprint density at radius 2 is 1.82 bits per heavy atom. The quantitative estimate of drug-likeness (QED) is 0.299. The molecule has 2 atom stereocenters. The van der Waals surface area contributed by atoms with Gasteiger partial charge in [0.25, 0.3) is 11.8 Å². The first-order chi connectivity index (χ1) is 19.1. The van der Waals surface area contributed by atoms with Crippen LogP contribution in [0.1, 0.15) is 51.8 Å². The molecule has 8 nitrogen and oxygen atoms in total. The Morgan fingerprint density at radius 3 is 2.62 bits per heavy atom. The van der Waals surface area contributed by atoms with Gasteiger partial charge in [0.2, 0.25) is 0 Å². The van der Waals surface area contributed by atoms with E-state index in [1.165, 1.54) is 11.3 Å². The van der Waals surface area contributed by atoms with Gasteiger partial charge in [0.05, 0.1) is 10.4 Å². The molecule has 1 fully saturated rings. The van der Waals surface area contributed by atoms with Gasteiger partial charge < -0.3 is 15.2 Å². The van der Waals surface area contributed by atoms with Crippen molar-refractivity contribution >= 4 is 34.3 Å². The second-order valence-corrected chi connectivity index (χ2v) is 10.8. The normalized spacial score (nSPS) is 17.2. The second kappa shape index (κ2) is 10.8. The maximum Gasteiger partial charge on any atom is 0.261 e. The molecule has 0 bridgehead atoms. The predicted octanol–water partition coefficient (Wildman–Crippen LogP) is 5.50. The molecule has 1 aromatic carbocycles. The Labute approximate surface area is 230 Å². The predicted molar refractivity (Wildman–Crippen MR) is 153 cm³/mol. The number of hydrogen-bond acceptors (Lipinski definition) is 6. The number of rotatable bonds is 6. The van der Waals surface area contributed by atoms with Gasteiger partial charge in [0.1, 0.15) is 11.2 Å². The molecule has 196 valence electrons. The van der Waals surface area contributed by atoms with Crippen LogP contribution in [0.5, 0.6) is 0 Å². The van der Waals surface area contributed by atoms with Crippen molar-refractivity contribution in [2.75, 3.05) is 7.05 Å². The highest BCUT2D eigenvalue weighted by Crippen LogP contribution is 2.36. The van der Waals surface area contributed by atoms with Crippen LogP contribution >= 0.6 is 11.3 Å². The number of hydrogen-bond donors (Lipinski definition) is 2. The van der Waals surface area contributed by atoms with Gasteiger partial charge in [0, 0.05) is 36.4 Å². The lowest BCUT2D eigenvalue weighted by Crippen LogP contribution is -2.38. The van der Waals surface area contributed by atoms with E-state index in [0.29, 0.717) is 21.6 Å². The summed E-state index contributed by atoms with van der Waals surface area (Å²) in [5, 5.41) is 5.93. The SMILES string of the molecule is CNC(=O)c1cnc2c(c1)nc(-c1ccccn1)n2[C@H]1CCC[C@H](NC(=O)c2ccc(-c3ccccc3)s2)C1. The van der Waals surface area contributed by atoms with Gasteiger partial charge in [-0.15, -0.1) is 11.3 Å². The van der Waals surface area contributed by atoms with Crippen LogP contribution in [0.3, 0.4) is 0 Å². The average Bonchev–Trinajstić information content (AvgIpc) is 3.63. The van der Waals surface area contributed by atoms with E-state index < -0.39 is 0 Å². The van der Waals surface area contributed by atoms with Crippen LogP contribution in [0.15, 0.2) is 79.1 Å². The first kappa shape index (κ1) is 24.9. The minimum atomic E-state index is -0.206. The van der Waals surface area contributed by atoms with Gasteiger partial charge in [-0.1, -0.05) is 36.4 Å². The smallest absolute Gasteiger partial charge is 0.261 e. The molecule has 0 saturated heterocycles. The fraction of sp³-hybridized carbons (Fsp3) is 0.233. The fourth-order valence-corrected chi connectivity index (χ4v) is 6.19. The number of fused-ring (bicyclic) bond motifs is 1. The lowest BCUT2D eigenvalue weighted by Gasteiger charge is -2.31. The molecule has 1 aliphatic rings. The van der Waals surface area contributed by atoms with E-state index in [0.717, 1.165) is 47.6 Å². The zero-order chi connectivity index (χ0) is 26.8. The highest BCUT2D eigenvalue weighted by atomic mass is 32.1. The van der Waals surface area contributed by atoms with Crippen molar-refractivity contribution in [2.24, 2.45) is 0 Å². The molecule has 0 aliphatic heterocycles. The molecule has 9 heteroatoms. The summed E-state index contributed by atoms with van der Waals surface area (Å²) < 4.78 is 2.14. The van der Waals surface area contributed by atoms with Crippen LogP contribution in [-0.4, -0.2) is 44.4 Å². The molecule has 6 rings (SSSR count). The number of benzene rings is 1. The number of nitrogens with one attached hydrogen (secondary N) is 2. The van der Waals surface area contributed by atoms with Crippen molar-refractivity contribution in [3.63, 3.8) is 0 Å². The monoisotopic (exact) mass is 536 g/mol. The van der Waals surface area contributed by atoms with Crippen LogP contribution in [0.2, 0.25) is 0 Å². The summed E-state index contributed by atoms with van der Waals surface area (Å²) in [6.45, 7) is 0. The summed E-state index contributed by atoms with van der Waals surface area (Å²) in [7, 11) is 1.60. The lowest BCUT2D eigenvalue weighted by atomic mass is 9.90. The Bertz CT molecular complexity index is 1630. The molecule has 39 heavy (non-hydrogen) atoms. The van der Waals surface area contributed by atoms with Crippen molar-refractivity contribution in [2.45, 2.75) is 37.8 Å². The van der Waals surface area contributed by atoms with Crippen molar-refractivity contribution in [1.82, 2.24) is 30.2 Å². The number of carbonyl (C=O) groups excluding carboxylic acids is 2. The summed E-state index contributed by atoms with van der Waals surface area (Å²) in [5.74, 6) is 0.472. The molecular formula is C30H28N6O2S. The second-order valence-electron chi connectivity index (χ2n) is 9.69. The van der Waals surface area contributed by atoms with E-state index in [4.69, 9.17) is 4.98 Å². The van der Waals surface area contributed by atoms with Crippen LogP contribution in [-0.2, 0) is 0 Å². The van der Waals surface area contributed by atoms with Gasteiger partial charge >= 0.3 is 0 Å². The third kappa shape index (κ3) is 5.05. The van der Waals surface area contributed by atoms with Crippen molar-refractivity contribution in [1.29, 1.82) is 0 Å². The molecule has 0 spiro atoms. The summed E-state index contributed by atoms with van der Waals surface area (Å²) in [6.07, 6.45) is 6.91. The fourth-order valence-electron chi connectivity index (χ4n) is 5.28. The molecule has 5 aromatic rings. The Kier molecular flexibility index (Phi) is 6.89.